The Labute approximate surface area is 130 Å². The van der Waals surface area contributed by atoms with E-state index in [1.54, 1.807) is 24.3 Å². The highest BCUT2D eigenvalue weighted by atomic mass is 16.7. The van der Waals surface area contributed by atoms with Crippen molar-refractivity contribution >= 4 is 5.91 Å². The van der Waals surface area contributed by atoms with E-state index in [1.807, 2.05) is 6.92 Å². The smallest absolute Gasteiger partial charge is 0.251 e. The lowest BCUT2D eigenvalue weighted by molar-refractivity contribution is -0.161. The van der Waals surface area contributed by atoms with Gasteiger partial charge in [0.1, 0.15) is 11.9 Å². The van der Waals surface area contributed by atoms with E-state index >= 15 is 0 Å². The van der Waals surface area contributed by atoms with Gasteiger partial charge in [-0.25, -0.2) is 0 Å². The van der Waals surface area contributed by atoms with Crippen LogP contribution in [-0.4, -0.2) is 37.6 Å². The summed E-state index contributed by atoms with van der Waals surface area (Å²) < 4.78 is 17.2. The number of hydrogen-bond donors (Lipinski definition) is 1. The number of amides is 1. The third-order valence-corrected chi connectivity index (χ3v) is 4.20. The summed E-state index contributed by atoms with van der Waals surface area (Å²) in [7, 11) is 0. The molecule has 1 heterocycles. The maximum absolute atomic E-state index is 12.1. The second-order valence-corrected chi connectivity index (χ2v) is 5.84. The minimum Gasteiger partial charge on any atom is -0.494 e. The number of carbonyl (C=O) groups excluding carboxylic acids is 1. The molecule has 1 aromatic rings. The molecule has 1 N–H and O–H groups in total. The number of hydrogen-bond acceptors (Lipinski definition) is 4. The van der Waals surface area contributed by atoms with Gasteiger partial charge in [-0.15, -0.1) is 0 Å². The van der Waals surface area contributed by atoms with E-state index in [0.717, 1.165) is 31.4 Å². The van der Waals surface area contributed by atoms with Crippen molar-refractivity contribution in [2.24, 2.45) is 0 Å². The van der Waals surface area contributed by atoms with Gasteiger partial charge in [-0.2, -0.15) is 0 Å². The summed E-state index contributed by atoms with van der Waals surface area (Å²) in [6.45, 7) is 3.59. The number of nitrogens with one attached hydrogen (secondary N) is 1. The molecule has 0 radical (unpaired) electrons. The highest BCUT2D eigenvalue weighted by molar-refractivity contribution is 5.94. The first-order chi connectivity index (χ1) is 10.7. The van der Waals surface area contributed by atoms with Crippen molar-refractivity contribution < 1.29 is 19.0 Å². The Hall–Kier alpha value is -1.59. The highest BCUT2D eigenvalue weighted by Gasteiger charge is 2.43. The van der Waals surface area contributed by atoms with E-state index in [0.29, 0.717) is 25.3 Å². The average molecular weight is 305 g/mol. The van der Waals surface area contributed by atoms with Gasteiger partial charge in [0.15, 0.2) is 5.79 Å². The van der Waals surface area contributed by atoms with Crippen molar-refractivity contribution in [2.45, 2.75) is 44.5 Å². The molecule has 1 atom stereocenters. The second-order valence-electron chi connectivity index (χ2n) is 5.84. The normalized spacial score (nSPS) is 22.9. The minimum absolute atomic E-state index is 0.0512. The van der Waals surface area contributed by atoms with Crippen LogP contribution in [0.2, 0.25) is 0 Å². The molecular formula is C17H23NO4. The fraction of sp³-hybridized carbons (Fsp3) is 0.588. The molecule has 1 spiro atoms. The van der Waals surface area contributed by atoms with E-state index < -0.39 is 0 Å². The van der Waals surface area contributed by atoms with Gasteiger partial charge >= 0.3 is 0 Å². The molecule has 5 heteroatoms. The van der Waals surface area contributed by atoms with Crippen LogP contribution in [0.1, 0.15) is 43.0 Å². The predicted octanol–water partition coefficient (Wildman–Crippen LogP) is 2.50. The van der Waals surface area contributed by atoms with Gasteiger partial charge in [0, 0.05) is 24.9 Å². The third kappa shape index (κ3) is 3.42. The number of rotatable bonds is 5. The highest BCUT2D eigenvalue weighted by Crippen LogP contribution is 2.38. The quantitative estimate of drug-likeness (QED) is 0.908. The zero-order chi connectivity index (χ0) is 15.4. The maximum atomic E-state index is 12.1. The van der Waals surface area contributed by atoms with Gasteiger partial charge in [-0.05, 0) is 44.0 Å². The molecule has 120 valence electrons. The maximum Gasteiger partial charge on any atom is 0.251 e. The van der Waals surface area contributed by atoms with Crippen LogP contribution in [0.15, 0.2) is 24.3 Å². The third-order valence-electron chi connectivity index (χ3n) is 4.20. The molecule has 2 fully saturated rings. The van der Waals surface area contributed by atoms with Gasteiger partial charge in [0.2, 0.25) is 0 Å². The lowest BCUT2D eigenvalue weighted by atomic mass is 10.2. The van der Waals surface area contributed by atoms with Crippen molar-refractivity contribution in [1.82, 2.24) is 5.32 Å². The van der Waals surface area contributed by atoms with Crippen molar-refractivity contribution in [3.05, 3.63) is 29.8 Å². The molecule has 22 heavy (non-hydrogen) atoms. The molecule has 3 rings (SSSR count). The largest absolute Gasteiger partial charge is 0.494 e. The summed E-state index contributed by atoms with van der Waals surface area (Å²) in [6.07, 6.45) is 4.20. The fourth-order valence-corrected chi connectivity index (χ4v) is 3.07. The number of benzene rings is 1. The second kappa shape index (κ2) is 6.67. The van der Waals surface area contributed by atoms with Crippen molar-refractivity contribution in [2.75, 3.05) is 19.8 Å². The molecular weight excluding hydrogens is 282 g/mol. The monoisotopic (exact) mass is 305 g/mol. The Bertz CT molecular complexity index is 508. The Morgan fingerprint density at radius 2 is 2.05 bits per heavy atom. The lowest BCUT2D eigenvalue weighted by Gasteiger charge is -2.21. The van der Waals surface area contributed by atoms with Gasteiger partial charge in [-0.1, -0.05) is 0 Å². The molecule has 1 aliphatic carbocycles. The standard InChI is InChI=1S/C17H23NO4/c1-2-20-14-7-5-13(6-8-14)16(19)18-11-15-12-21-17(22-15)9-3-4-10-17/h5-8,15H,2-4,9-12H2,1H3,(H,18,19). The molecule has 5 nitrogen and oxygen atoms in total. The van der Waals surface area contributed by atoms with Crippen LogP contribution in [0.25, 0.3) is 0 Å². The molecule has 1 aliphatic heterocycles. The van der Waals surface area contributed by atoms with Gasteiger partial charge in [0.05, 0.1) is 13.2 Å². The van der Waals surface area contributed by atoms with Gasteiger partial charge < -0.3 is 19.5 Å². The molecule has 1 unspecified atom stereocenters. The van der Waals surface area contributed by atoms with Crippen LogP contribution in [-0.2, 0) is 9.47 Å². The molecule has 1 amide bonds. The summed E-state index contributed by atoms with van der Waals surface area (Å²) in [5, 5.41) is 2.91. The fourth-order valence-electron chi connectivity index (χ4n) is 3.07. The first kappa shape index (κ1) is 15.3. The van der Waals surface area contributed by atoms with Crippen molar-refractivity contribution in [1.29, 1.82) is 0 Å². The van der Waals surface area contributed by atoms with E-state index in [4.69, 9.17) is 14.2 Å². The summed E-state index contributed by atoms with van der Waals surface area (Å²) in [5.41, 5.74) is 0.623. The Kier molecular flexibility index (Phi) is 4.64. The molecule has 0 bridgehead atoms. The van der Waals surface area contributed by atoms with Crippen LogP contribution in [0.5, 0.6) is 5.75 Å². The van der Waals surface area contributed by atoms with Gasteiger partial charge in [0.25, 0.3) is 5.91 Å². The molecule has 0 aromatic heterocycles. The van der Waals surface area contributed by atoms with Crippen LogP contribution in [0.4, 0.5) is 0 Å². The SMILES string of the molecule is CCOc1ccc(C(=O)NCC2COC3(CCCC3)O2)cc1. The molecule has 1 aromatic carbocycles. The summed E-state index contributed by atoms with van der Waals surface area (Å²) in [5.74, 6) is 0.308. The zero-order valence-electron chi connectivity index (χ0n) is 13.0. The topological polar surface area (TPSA) is 56.8 Å². The van der Waals surface area contributed by atoms with Crippen LogP contribution < -0.4 is 10.1 Å². The predicted molar refractivity (Wildman–Crippen MR) is 82.0 cm³/mol. The Morgan fingerprint density at radius 1 is 1.32 bits per heavy atom. The van der Waals surface area contributed by atoms with E-state index in [2.05, 4.69) is 5.32 Å². The van der Waals surface area contributed by atoms with Gasteiger partial charge in [-0.3, -0.25) is 4.79 Å². The van der Waals surface area contributed by atoms with E-state index in [9.17, 15) is 4.79 Å². The van der Waals surface area contributed by atoms with Crippen LogP contribution >= 0.6 is 0 Å². The van der Waals surface area contributed by atoms with Crippen LogP contribution in [0.3, 0.4) is 0 Å². The lowest BCUT2D eigenvalue weighted by Crippen LogP contribution is -2.35. The van der Waals surface area contributed by atoms with Crippen LogP contribution in [0, 0.1) is 0 Å². The van der Waals surface area contributed by atoms with Crippen molar-refractivity contribution in [3.63, 3.8) is 0 Å². The summed E-state index contributed by atoms with van der Waals surface area (Å²) >= 11 is 0. The molecule has 1 saturated carbocycles. The molecule has 1 saturated heterocycles. The van der Waals surface area contributed by atoms with E-state index in [-0.39, 0.29) is 17.8 Å². The number of ether oxygens (including phenoxy) is 3. The first-order valence-corrected chi connectivity index (χ1v) is 8.04. The summed E-state index contributed by atoms with van der Waals surface area (Å²) in [4.78, 5) is 12.1. The van der Waals surface area contributed by atoms with E-state index in [1.165, 1.54) is 0 Å². The zero-order valence-corrected chi connectivity index (χ0v) is 13.0. The first-order valence-electron chi connectivity index (χ1n) is 8.04. The number of carbonyl (C=O) groups is 1. The minimum atomic E-state index is -0.367. The van der Waals surface area contributed by atoms with Crippen molar-refractivity contribution in [3.8, 4) is 5.75 Å². The summed E-state index contributed by atoms with van der Waals surface area (Å²) in [6, 6.07) is 7.15. The Morgan fingerprint density at radius 3 is 2.73 bits per heavy atom. The average Bonchev–Trinajstić information content (AvgIpc) is 3.16. The molecule has 2 aliphatic rings. The Balaban J connectivity index is 1.48.